The molecule has 0 N–H and O–H groups in total. The average molecular weight is 231 g/mol. The van der Waals surface area contributed by atoms with Gasteiger partial charge in [-0.05, 0) is 23.8 Å². The summed E-state index contributed by atoms with van der Waals surface area (Å²) in [7, 11) is 0. The lowest BCUT2D eigenvalue weighted by Gasteiger charge is -2.17. The first-order valence-corrected chi connectivity index (χ1v) is 5.71. The van der Waals surface area contributed by atoms with Crippen LogP contribution in [0.15, 0.2) is 48.7 Å². The molecule has 0 fully saturated rings. The van der Waals surface area contributed by atoms with Crippen molar-refractivity contribution in [2.24, 2.45) is 0 Å². The van der Waals surface area contributed by atoms with Crippen molar-refractivity contribution in [1.82, 2.24) is 4.98 Å². The lowest BCUT2D eigenvalue weighted by molar-refractivity contribution is 0.947. The van der Waals surface area contributed by atoms with E-state index in [2.05, 4.69) is 22.0 Å². The second-order valence-corrected chi connectivity index (χ2v) is 4.35. The van der Waals surface area contributed by atoms with Gasteiger partial charge in [0.2, 0.25) is 0 Å². The first-order valence-electron chi connectivity index (χ1n) is 5.28. The molecule has 1 aromatic carbocycles. The Morgan fingerprint density at radius 2 is 1.94 bits per heavy atom. The Morgan fingerprint density at radius 1 is 1.12 bits per heavy atom. The molecule has 0 aliphatic carbocycles. The zero-order chi connectivity index (χ0) is 11.0. The third-order valence-electron chi connectivity index (χ3n) is 2.83. The van der Waals surface area contributed by atoms with E-state index in [4.69, 9.17) is 11.6 Å². The molecule has 0 bridgehead atoms. The van der Waals surface area contributed by atoms with E-state index in [0.29, 0.717) is 0 Å². The van der Waals surface area contributed by atoms with Gasteiger partial charge in [0, 0.05) is 18.4 Å². The highest BCUT2D eigenvalue weighted by Gasteiger charge is 2.27. The van der Waals surface area contributed by atoms with Crippen LogP contribution in [0, 0.1) is 0 Å². The van der Waals surface area contributed by atoms with Crippen LogP contribution in [0.5, 0.6) is 0 Å². The number of halogens is 1. The van der Waals surface area contributed by atoms with Gasteiger partial charge >= 0.3 is 0 Å². The molecule has 0 spiro atoms. The van der Waals surface area contributed by atoms with Crippen molar-refractivity contribution in [3.05, 3.63) is 54.2 Å². The smallest absolute Gasteiger partial charge is 0.132 e. The Labute approximate surface area is 99.5 Å². The molecule has 0 saturated heterocycles. The third-order valence-corrected chi connectivity index (χ3v) is 3.21. The highest BCUT2D eigenvalue weighted by atomic mass is 35.5. The lowest BCUT2D eigenvalue weighted by atomic mass is 10.2. The van der Waals surface area contributed by atoms with Gasteiger partial charge in [0.15, 0.2) is 0 Å². The first kappa shape index (κ1) is 9.67. The van der Waals surface area contributed by atoms with Crippen LogP contribution in [0.1, 0.15) is 10.9 Å². The number of para-hydroxylation sites is 1. The Bertz CT molecular complexity index is 498. The fourth-order valence-corrected chi connectivity index (χ4v) is 2.41. The number of benzene rings is 1. The lowest BCUT2D eigenvalue weighted by Crippen LogP contribution is -2.15. The Balaban J connectivity index is 2.07. The summed E-state index contributed by atoms with van der Waals surface area (Å²) < 4.78 is 0. The molecule has 1 atom stereocenters. The highest BCUT2D eigenvalue weighted by Crippen LogP contribution is 2.41. The molecule has 16 heavy (non-hydrogen) atoms. The maximum Gasteiger partial charge on any atom is 0.132 e. The monoisotopic (exact) mass is 230 g/mol. The minimum atomic E-state index is 0.0539. The standard InChI is InChI=1S/C13H11ClN2/c14-11-9-16(13-7-3-4-8-15-13)12-6-2-1-5-10(11)12/h1-8,11H,9H2. The first-order chi connectivity index (χ1) is 7.86. The fraction of sp³-hybridized carbons (Fsp3) is 0.154. The minimum Gasteiger partial charge on any atom is -0.324 e. The van der Waals surface area contributed by atoms with E-state index in [9.17, 15) is 0 Å². The van der Waals surface area contributed by atoms with Gasteiger partial charge in [-0.3, -0.25) is 0 Å². The maximum atomic E-state index is 6.32. The number of anilines is 2. The van der Waals surface area contributed by atoms with Gasteiger partial charge in [-0.1, -0.05) is 24.3 Å². The zero-order valence-corrected chi connectivity index (χ0v) is 9.43. The maximum absolute atomic E-state index is 6.32. The van der Waals surface area contributed by atoms with E-state index in [1.54, 1.807) is 6.20 Å². The molecule has 2 heterocycles. The predicted octanol–water partition coefficient (Wildman–Crippen LogP) is 3.51. The number of pyridine rings is 1. The molecule has 80 valence electrons. The van der Waals surface area contributed by atoms with Gasteiger partial charge in [-0.25, -0.2) is 4.98 Å². The van der Waals surface area contributed by atoms with Gasteiger partial charge in [-0.15, -0.1) is 11.6 Å². The molecular formula is C13H11ClN2. The van der Waals surface area contributed by atoms with Crippen LogP contribution in [0.4, 0.5) is 11.5 Å². The van der Waals surface area contributed by atoms with Crippen molar-refractivity contribution in [2.45, 2.75) is 5.38 Å². The fourth-order valence-electron chi connectivity index (χ4n) is 2.09. The van der Waals surface area contributed by atoms with Crippen LogP contribution in [0.2, 0.25) is 0 Å². The number of nitrogens with zero attached hydrogens (tertiary/aromatic N) is 2. The summed E-state index contributed by atoms with van der Waals surface area (Å²) >= 11 is 6.32. The molecule has 3 rings (SSSR count). The summed E-state index contributed by atoms with van der Waals surface area (Å²) in [5.74, 6) is 0.957. The largest absolute Gasteiger partial charge is 0.324 e. The molecule has 1 unspecified atom stereocenters. The second-order valence-electron chi connectivity index (χ2n) is 3.82. The van der Waals surface area contributed by atoms with Crippen LogP contribution in [-0.2, 0) is 0 Å². The summed E-state index contributed by atoms with van der Waals surface area (Å²) in [5.41, 5.74) is 2.36. The van der Waals surface area contributed by atoms with Crippen molar-refractivity contribution >= 4 is 23.1 Å². The van der Waals surface area contributed by atoms with Gasteiger partial charge in [-0.2, -0.15) is 0 Å². The molecule has 0 radical (unpaired) electrons. The number of hydrogen-bond donors (Lipinski definition) is 0. The van der Waals surface area contributed by atoms with Crippen LogP contribution >= 0.6 is 11.6 Å². The zero-order valence-electron chi connectivity index (χ0n) is 8.68. The summed E-state index contributed by atoms with van der Waals surface area (Å²) in [5, 5.41) is 0.0539. The SMILES string of the molecule is ClC1CN(c2ccccn2)c2ccccc21. The van der Waals surface area contributed by atoms with E-state index < -0.39 is 0 Å². The summed E-state index contributed by atoms with van der Waals surface area (Å²) in [6.07, 6.45) is 1.81. The van der Waals surface area contributed by atoms with E-state index in [1.807, 2.05) is 30.3 Å². The highest BCUT2D eigenvalue weighted by molar-refractivity contribution is 6.22. The topological polar surface area (TPSA) is 16.1 Å². The predicted molar refractivity (Wildman–Crippen MR) is 66.3 cm³/mol. The minimum absolute atomic E-state index is 0.0539. The molecule has 3 heteroatoms. The van der Waals surface area contributed by atoms with Gasteiger partial charge in [0.05, 0.1) is 5.38 Å². The number of rotatable bonds is 1. The molecule has 1 aromatic heterocycles. The van der Waals surface area contributed by atoms with Crippen molar-refractivity contribution in [3.63, 3.8) is 0 Å². The van der Waals surface area contributed by atoms with Crippen molar-refractivity contribution in [3.8, 4) is 0 Å². The normalized spacial score (nSPS) is 18.6. The summed E-state index contributed by atoms with van der Waals surface area (Å²) in [6, 6.07) is 14.1. The van der Waals surface area contributed by atoms with Crippen LogP contribution < -0.4 is 4.90 Å². The van der Waals surface area contributed by atoms with Gasteiger partial charge in [0.25, 0.3) is 0 Å². The molecule has 1 aliphatic rings. The molecule has 1 aliphatic heterocycles. The molecule has 2 aromatic rings. The summed E-state index contributed by atoms with van der Waals surface area (Å²) in [4.78, 5) is 6.52. The van der Waals surface area contributed by atoms with E-state index in [0.717, 1.165) is 12.4 Å². The quantitative estimate of drug-likeness (QED) is 0.697. The Hall–Kier alpha value is -1.54. The average Bonchev–Trinajstić information content (AvgIpc) is 2.69. The second kappa shape index (κ2) is 3.80. The molecule has 0 saturated carbocycles. The van der Waals surface area contributed by atoms with E-state index >= 15 is 0 Å². The van der Waals surface area contributed by atoms with Crippen LogP contribution in [-0.4, -0.2) is 11.5 Å². The van der Waals surface area contributed by atoms with E-state index in [1.165, 1.54) is 11.3 Å². The van der Waals surface area contributed by atoms with Gasteiger partial charge in [0.1, 0.15) is 5.82 Å². The number of aromatic nitrogens is 1. The van der Waals surface area contributed by atoms with Crippen molar-refractivity contribution in [1.29, 1.82) is 0 Å². The van der Waals surface area contributed by atoms with Crippen LogP contribution in [0.3, 0.4) is 0 Å². The van der Waals surface area contributed by atoms with E-state index in [-0.39, 0.29) is 5.38 Å². The number of hydrogen-bond acceptors (Lipinski definition) is 2. The molecule has 0 amide bonds. The van der Waals surface area contributed by atoms with Crippen molar-refractivity contribution in [2.75, 3.05) is 11.4 Å². The number of alkyl halides is 1. The summed E-state index contributed by atoms with van der Waals surface area (Å²) in [6.45, 7) is 0.790. The number of fused-ring (bicyclic) bond motifs is 1. The van der Waals surface area contributed by atoms with Crippen LogP contribution in [0.25, 0.3) is 0 Å². The Kier molecular flexibility index (Phi) is 2.29. The molecule has 2 nitrogen and oxygen atoms in total. The molecular weight excluding hydrogens is 220 g/mol. The third kappa shape index (κ3) is 1.46. The van der Waals surface area contributed by atoms with Gasteiger partial charge < -0.3 is 4.90 Å². The Morgan fingerprint density at radius 3 is 2.75 bits per heavy atom. The van der Waals surface area contributed by atoms with Crippen molar-refractivity contribution < 1.29 is 0 Å².